The van der Waals surface area contributed by atoms with Crippen molar-refractivity contribution in [3.63, 3.8) is 0 Å². The number of aromatic amines is 2. The largest absolute Gasteiger partial charge is 0.465 e. The molecule has 180 valence electrons. The minimum atomic E-state index is -3.47. The highest BCUT2D eigenvalue weighted by Gasteiger charge is 2.38. The zero-order valence-corrected chi connectivity index (χ0v) is 19.7. The van der Waals surface area contributed by atoms with Crippen LogP contribution in [0.2, 0.25) is 0 Å². The highest BCUT2D eigenvalue weighted by Crippen LogP contribution is 2.40. The van der Waals surface area contributed by atoms with Gasteiger partial charge in [0.2, 0.25) is 0 Å². The van der Waals surface area contributed by atoms with Crippen molar-refractivity contribution in [2.75, 3.05) is 5.32 Å². The molecule has 5 rings (SSSR count). The summed E-state index contributed by atoms with van der Waals surface area (Å²) >= 11 is 0. The number of hydrogen-bond acceptors (Lipinski definition) is 6. The molecule has 3 aromatic rings. The van der Waals surface area contributed by atoms with Crippen LogP contribution in [0.25, 0.3) is 11.3 Å². The van der Waals surface area contributed by atoms with E-state index in [9.17, 15) is 13.2 Å². The molecule has 0 spiro atoms. The van der Waals surface area contributed by atoms with Crippen LogP contribution in [0.4, 0.5) is 16.3 Å². The van der Waals surface area contributed by atoms with Gasteiger partial charge < -0.3 is 20.7 Å². The number of benzene rings is 1. The Hall–Kier alpha value is -3.34. The number of aromatic nitrogens is 4. The van der Waals surface area contributed by atoms with Crippen molar-refractivity contribution >= 4 is 27.4 Å². The number of carboxylic acid groups (broad SMARTS) is 1. The summed E-state index contributed by atoms with van der Waals surface area (Å²) in [5.41, 5.74) is 2.83. The Morgan fingerprint density at radius 1 is 1.12 bits per heavy atom. The number of aryl methyl sites for hydroxylation is 1. The smallest absolute Gasteiger partial charge is 0.404 e. The first kappa shape index (κ1) is 22.5. The Labute approximate surface area is 197 Å². The third-order valence-corrected chi connectivity index (χ3v) is 8.86. The summed E-state index contributed by atoms with van der Waals surface area (Å²) in [6.45, 7) is 1.90. The van der Waals surface area contributed by atoms with Gasteiger partial charge >= 0.3 is 6.09 Å². The normalized spacial score (nSPS) is 20.7. The lowest BCUT2D eigenvalue weighted by atomic mass is 9.85. The molecule has 0 aliphatic heterocycles. The van der Waals surface area contributed by atoms with Gasteiger partial charge in [0.05, 0.1) is 22.0 Å². The van der Waals surface area contributed by atoms with Gasteiger partial charge in [-0.1, -0.05) is 0 Å². The molecule has 5 N–H and O–H groups in total. The number of amides is 1. The molecule has 0 radical (unpaired) electrons. The average molecular weight is 485 g/mol. The van der Waals surface area contributed by atoms with Crippen molar-refractivity contribution in [3.05, 3.63) is 42.0 Å². The molecule has 2 aliphatic rings. The van der Waals surface area contributed by atoms with Crippen LogP contribution in [0.3, 0.4) is 0 Å². The Bertz CT molecular complexity index is 1300. The Kier molecular flexibility index (Phi) is 5.80. The predicted molar refractivity (Wildman–Crippen MR) is 127 cm³/mol. The average Bonchev–Trinajstić information content (AvgIpc) is 3.43. The monoisotopic (exact) mass is 484 g/mol. The summed E-state index contributed by atoms with van der Waals surface area (Å²) in [5, 5.41) is 21.4. The molecule has 0 saturated heterocycles. The number of nitrogens with zero attached hydrogens (tertiary/aromatic N) is 2. The highest BCUT2D eigenvalue weighted by molar-refractivity contribution is 7.92. The van der Waals surface area contributed by atoms with Gasteiger partial charge in [0.25, 0.3) is 0 Å². The molecular weight excluding hydrogens is 456 g/mol. The van der Waals surface area contributed by atoms with Gasteiger partial charge in [0, 0.05) is 35.0 Å². The molecule has 34 heavy (non-hydrogen) atoms. The van der Waals surface area contributed by atoms with E-state index in [-0.39, 0.29) is 22.1 Å². The van der Waals surface area contributed by atoms with E-state index in [2.05, 4.69) is 30.8 Å². The lowest BCUT2D eigenvalue weighted by Gasteiger charge is -2.27. The molecular formula is C23H28N6O4S. The maximum atomic E-state index is 13.3. The maximum Gasteiger partial charge on any atom is 0.404 e. The molecule has 2 saturated carbocycles. The van der Waals surface area contributed by atoms with Crippen LogP contribution in [-0.2, 0) is 9.84 Å². The lowest BCUT2D eigenvalue weighted by molar-refractivity contribution is 0.184. The number of nitrogens with one attached hydrogen (secondary N) is 4. The fraction of sp³-hybridized carbons (Fsp3) is 0.435. The van der Waals surface area contributed by atoms with Crippen LogP contribution in [-0.4, -0.2) is 51.1 Å². The van der Waals surface area contributed by atoms with Gasteiger partial charge in [-0.25, -0.2) is 18.2 Å². The van der Waals surface area contributed by atoms with E-state index < -0.39 is 15.9 Å². The molecule has 2 aliphatic carbocycles. The second-order valence-corrected chi connectivity index (χ2v) is 11.4. The zero-order chi connectivity index (χ0) is 23.9. The number of carbonyl (C=O) groups is 1. The lowest BCUT2D eigenvalue weighted by Crippen LogP contribution is -2.36. The summed E-state index contributed by atoms with van der Waals surface area (Å²) in [6, 6.07) is 7.15. The first-order valence-electron chi connectivity index (χ1n) is 11.5. The SMILES string of the molecule is Cc1cc(Nc2ccc(-c3cnc(C4CCC(NC(=O)O)CC4)[nH]3)c(S(=O)(=O)C3CC3)c2)n[nH]1. The fourth-order valence-corrected chi connectivity index (χ4v) is 6.50. The quantitative estimate of drug-likeness (QED) is 0.339. The second kappa shape index (κ2) is 8.79. The molecule has 1 amide bonds. The Morgan fingerprint density at radius 3 is 2.53 bits per heavy atom. The van der Waals surface area contributed by atoms with Crippen molar-refractivity contribution in [2.45, 2.75) is 67.6 Å². The fourth-order valence-electron chi connectivity index (χ4n) is 4.61. The first-order chi connectivity index (χ1) is 16.3. The van der Waals surface area contributed by atoms with E-state index in [0.717, 1.165) is 37.2 Å². The summed E-state index contributed by atoms with van der Waals surface area (Å²) < 4.78 is 26.6. The molecule has 0 unspecified atom stereocenters. The molecule has 2 fully saturated rings. The first-order valence-corrected chi connectivity index (χ1v) is 13.1. The Balaban J connectivity index is 1.41. The third-order valence-electron chi connectivity index (χ3n) is 6.56. The van der Waals surface area contributed by atoms with Gasteiger partial charge in [-0.2, -0.15) is 5.10 Å². The maximum absolute atomic E-state index is 13.3. The number of H-pyrrole nitrogens is 2. The molecule has 11 heteroatoms. The van der Waals surface area contributed by atoms with Gasteiger partial charge in [0.1, 0.15) is 5.82 Å². The Morgan fingerprint density at radius 2 is 1.88 bits per heavy atom. The number of anilines is 2. The molecule has 1 aromatic carbocycles. The predicted octanol–water partition coefficient (Wildman–Crippen LogP) is 4.08. The summed E-state index contributed by atoms with van der Waals surface area (Å²) in [4.78, 5) is 19.1. The number of sulfone groups is 1. The van der Waals surface area contributed by atoms with Crippen LogP contribution in [0.5, 0.6) is 0 Å². The van der Waals surface area contributed by atoms with Crippen molar-refractivity contribution in [1.82, 2.24) is 25.5 Å². The molecule has 0 atom stereocenters. The van der Waals surface area contributed by atoms with Crippen molar-refractivity contribution in [3.8, 4) is 11.3 Å². The van der Waals surface area contributed by atoms with Crippen molar-refractivity contribution < 1.29 is 18.3 Å². The summed E-state index contributed by atoms with van der Waals surface area (Å²) in [5.74, 6) is 1.62. The van der Waals surface area contributed by atoms with E-state index in [1.54, 1.807) is 12.3 Å². The second-order valence-electron chi connectivity index (χ2n) is 9.20. The zero-order valence-electron chi connectivity index (χ0n) is 18.8. The summed E-state index contributed by atoms with van der Waals surface area (Å²) in [6.07, 6.45) is 5.20. The van der Waals surface area contributed by atoms with E-state index in [0.29, 0.717) is 35.6 Å². The highest BCUT2D eigenvalue weighted by atomic mass is 32.2. The standard InChI is InChI=1S/C23H28N6O4S/c1-13-10-21(29-28-13)25-16-6-9-18(20(11-16)34(32,33)17-7-8-17)19-12-24-22(27-19)14-2-4-15(5-3-14)26-23(30)31/h6,9-12,14-15,17,26H,2-5,7-8H2,1H3,(H,24,27)(H,30,31)(H2,25,28,29). The van der Waals surface area contributed by atoms with Crippen LogP contribution in [0, 0.1) is 6.92 Å². The van der Waals surface area contributed by atoms with E-state index >= 15 is 0 Å². The molecule has 2 heterocycles. The molecule has 2 aromatic heterocycles. The van der Waals surface area contributed by atoms with Crippen molar-refractivity contribution in [1.29, 1.82) is 0 Å². The molecule has 10 nitrogen and oxygen atoms in total. The van der Waals surface area contributed by atoms with Gasteiger partial charge in [-0.05, 0) is 63.6 Å². The minimum Gasteiger partial charge on any atom is -0.465 e. The van der Waals surface area contributed by atoms with Gasteiger partial charge in [-0.15, -0.1) is 0 Å². The number of rotatable bonds is 7. The van der Waals surface area contributed by atoms with Crippen LogP contribution in [0.15, 0.2) is 35.4 Å². The van der Waals surface area contributed by atoms with Gasteiger partial charge in [-0.3, -0.25) is 5.10 Å². The van der Waals surface area contributed by atoms with Gasteiger partial charge in [0.15, 0.2) is 15.7 Å². The van der Waals surface area contributed by atoms with E-state index in [4.69, 9.17) is 5.11 Å². The van der Waals surface area contributed by atoms with Crippen LogP contribution < -0.4 is 10.6 Å². The van der Waals surface area contributed by atoms with E-state index in [1.165, 1.54) is 0 Å². The van der Waals surface area contributed by atoms with E-state index in [1.807, 2.05) is 25.1 Å². The minimum absolute atomic E-state index is 0.0307. The van der Waals surface area contributed by atoms with Crippen LogP contribution >= 0.6 is 0 Å². The van der Waals surface area contributed by atoms with Crippen molar-refractivity contribution in [2.24, 2.45) is 0 Å². The molecule has 0 bridgehead atoms. The topological polar surface area (TPSA) is 153 Å². The number of imidazole rings is 1. The van der Waals surface area contributed by atoms with Crippen LogP contribution in [0.1, 0.15) is 56.0 Å². The third kappa shape index (κ3) is 4.65. The number of hydrogen-bond donors (Lipinski definition) is 5. The summed E-state index contributed by atoms with van der Waals surface area (Å²) in [7, 11) is -3.47.